The minimum Gasteiger partial charge on any atom is -0.462 e. The van der Waals surface area contributed by atoms with Gasteiger partial charge >= 0.3 is 19.7 Å². The first kappa shape index (κ1) is 29.4. The summed E-state index contributed by atoms with van der Waals surface area (Å²) in [6.45, 7) is 0.780. The van der Waals surface area contributed by atoms with Crippen LogP contribution < -0.4 is 14.9 Å². The summed E-state index contributed by atoms with van der Waals surface area (Å²) < 4.78 is 39.0. The number of amides is 2. The summed E-state index contributed by atoms with van der Waals surface area (Å²) in [5.74, 6) is -0.363. The number of esters is 1. The molecule has 0 bridgehead atoms. The number of carbonyl (C=O) groups is 2. The molecule has 0 saturated carbocycles. The molecule has 13 nitrogen and oxygen atoms in total. The quantitative estimate of drug-likeness (QED) is 0.116. The number of carbonyl (C=O) groups excluding carboxylic acids is 2. The number of alkyl halides is 1. The van der Waals surface area contributed by atoms with E-state index >= 15 is 0 Å². The van der Waals surface area contributed by atoms with Crippen LogP contribution in [-0.2, 0) is 28.1 Å². The number of urea groups is 1. The van der Waals surface area contributed by atoms with Crippen molar-refractivity contribution < 1.29 is 47.6 Å². The molecule has 0 spiro atoms. The van der Waals surface area contributed by atoms with Crippen LogP contribution in [0, 0.1) is 0 Å². The van der Waals surface area contributed by atoms with Crippen LogP contribution in [0.25, 0.3) is 0 Å². The molecule has 2 amide bonds. The van der Waals surface area contributed by atoms with E-state index in [0.29, 0.717) is 0 Å². The van der Waals surface area contributed by atoms with Crippen LogP contribution in [-0.4, -0.2) is 97.4 Å². The number of halogens is 1. The Labute approximate surface area is 220 Å². The predicted molar refractivity (Wildman–Crippen MR) is 133 cm³/mol. The predicted octanol–water partition coefficient (Wildman–Crippen LogP) is -0.131. The molecule has 3 rings (SSSR count). The van der Waals surface area contributed by atoms with Crippen molar-refractivity contribution >= 4 is 39.2 Å². The molecule has 4 N–H and O–H groups in total. The van der Waals surface area contributed by atoms with E-state index in [0.717, 1.165) is 4.90 Å². The summed E-state index contributed by atoms with van der Waals surface area (Å²) in [5, 5.41) is 25.4. The van der Waals surface area contributed by atoms with E-state index in [1.165, 1.54) is 27.2 Å². The number of methoxy groups -OCH3 is 1. The molecule has 2 heterocycles. The average Bonchev–Trinajstić information content (AvgIpc) is 3.06. The molecule has 37 heavy (non-hydrogen) atoms. The van der Waals surface area contributed by atoms with Gasteiger partial charge in [-0.05, 0) is 25.1 Å². The average molecular weight is 562 g/mol. The molecule has 2 aliphatic rings. The van der Waals surface area contributed by atoms with Crippen molar-refractivity contribution in [2.75, 3.05) is 26.9 Å². The highest BCUT2D eigenvalue weighted by molar-refractivity contribution is 7.52. The van der Waals surface area contributed by atoms with Crippen LogP contribution in [0.3, 0.4) is 0 Å². The summed E-state index contributed by atoms with van der Waals surface area (Å²) in [4.78, 5) is 25.0. The van der Waals surface area contributed by atoms with Crippen molar-refractivity contribution in [2.45, 2.75) is 42.4 Å². The Bertz CT molecular complexity index is 1020. The van der Waals surface area contributed by atoms with E-state index in [1.807, 2.05) is 0 Å². The second-order valence-electron chi connectivity index (χ2n) is 8.61. The van der Waals surface area contributed by atoms with Gasteiger partial charge in [0.1, 0.15) is 39.1 Å². The van der Waals surface area contributed by atoms with Crippen molar-refractivity contribution in [1.82, 2.24) is 15.3 Å². The van der Waals surface area contributed by atoms with E-state index in [4.69, 9.17) is 34.9 Å². The van der Waals surface area contributed by atoms with Gasteiger partial charge in [0.2, 0.25) is 0 Å². The van der Waals surface area contributed by atoms with E-state index in [1.54, 1.807) is 37.3 Å². The fraction of sp³-hybridized carbons (Fsp3) is 0.524. The third kappa shape index (κ3) is 7.68. The Hall–Kier alpha value is -2.16. The number of para-hydroxylation sites is 1. The number of aliphatic hydroxyl groups is 2. The van der Waals surface area contributed by atoms with Crippen LogP contribution in [0.4, 0.5) is 4.79 Å². The number of ether oxygens (including phenoxy) is 3. The lowest BCUT2D eigenvalue weighted by molar-refractivity contribution is -0.148. The maximum atomic E-state index is 13.7. The molecule has 204 valence electrons. The summed E-state index contributed by atoms with van der Waals surface area (Å²) >= 11 is 6.55. The lowest BCUT2D eigenvalue weighted by Gasteiger charge is -2.35. The molecular weight excluding hydrogens is 531 g/mol. The molecule has 0 aliphatic carbocycles. The molecule has 1 fully saturated rings. The Morgan fingerprint density at radius 1 is 1.38 bits per heavy atom. The molecule has 1 saturated heterocycles. The van der Waals surface area contributed by atoms with Crippen LogP contribution >= 0.6 is 19.3 Å². The zero-order valence-corrected chi connectivity index (χ0v) is 22.1. The van der Waals surface area contributed by atoms with Gasteiger partial charge in [-0.15, -0.1) is 11.6 Å². The van der Waals surface area contributed by atoms with Crippen molar-refractivity contribution in [3.63, 3.8) is 0 Å². The third-order valence-corrected chi connectivity index (χ3v) is 7.52. The SMILES string of the molecule is B[C@]1(Cl)[C@H](O)[C@@H](COP(=O)(N[C@@H](C)COC(=O)COC)Oc2ccccc2)O[C@H]1N1C=CC(O)NC1=O. The molecule has 2 unspecified atom stereocenters. The Morgan fingerprint density at radius 3 is 2.73 bits per heavy atom. The van der Waals surface area contributed by atoms with E-state index < -0.39 is 61.8 Å². The van der Waals surface area contributed by atoms with E-state index in [-0.39, 0.29) is 19.0 Å². The van der Waals surface area contributed by atoms with Gasteiger partial charge in [-0.1, -0.05) is 18.2 Å². The van der Waals surface area contributed by atoms with Crippen molar-refractivity contribution in [1.29, 1.82) is 0 Å². The highest BCUT2D eigenvalue weighted by Crippen LogP contribution is 2.46. The van der Waals surface area contributed by atoms with Crippen LogP contribution in [0.5, 0.6) is 5.75 Å². The molecule has 7 atom stereocenters. The molecule has 0 aromatic heterocycles. The Balaban J connectivity index is 1.70. The number of nitrogens with zero attached hydrogens (tertiary/aromatic N) is 1. The summed E-state index contributed by atoms with van der Waals surface area (Å²) in [6.07, 6.45) is -2.15. The fourth-order valence-corrected chi connectivity index (χ4v) is 5.43. The first-order valence-electron chi connectivity index (χ1n) is 11.3. The van der Waals surface area contributed by atoms with Crippen molar-refractivity contribution in [2.24, 2.45) is 0 Å². The first-order valence-corrected chi connectivity index (χ1v) is 13.3. The lowest BCUT2D eigenvalue weighted by Crippen LogP contribution is -2.56. The zero-order valence-electron chi connectivity index (χ0n) is 20.5. The van der Waals surface area contributed by atoms with Crippen molar-refractivity contribution in [3.8, 4) is 5.75 Å². The summed E-state index contributed by atoms with van der Waals surface area (Å²) in [7, 11) is -1.28. The first-order chi connectivity index (χ1) is 17.4. The molecular formula is C21H30BClN3O10P. The van der Waals surface area contributed by atoms with Gasteiger partial charge in [-0.3, -0.25) is 9.42 Å². The monoisotopic (exact) mass is 561 g/mol. The van der Waals surface area contributed by atoms with Gasteiger partial charge in [0.15, 0.2) is 6.23 Å². The maximum absolute atomic E-state index is 13.7. The standard InChI is InChI=1S/C21H30BClN3O10P/c1-13(10-33-17(28)12-32-2)25-37(31,36-14-6-4-3-5-7-14)34-11-15-18(29)21(22,23)19(35-15)26-9-8-16(27)24-20(26)30/h3-9,13,15-16,18-19,27,29H,10-12,22H2,1-2H3,(H,24,30)(H,25,31)/t13-,15+,16?,18+,19+,21-,37?/m0/s1. The molecule has 1 aromatic rings. The van der Waals surface area contributed by atoms with Gasteiger partial charge in [-0.25, -0.2) is 19.2 Å². The molecule has 0 radical (unpaired) electrons. The zero-order chi connectivity index (χ0) is 27.2. The Kier molecular flexibility index (Phi) is 10.0. The number of aliphatic hydroxyl groups excluding tert-OH is 2. The highest BCUT2D eigenvalue weighted by atomic mass is 35.5. The van der Waals surface area contributed by atoms with E-state index in [9.17, 15) is 24.4 Å². The normalized spacial score (nSPS) is 29.9. The number of rotatable bonds is 12. The van der Waals surface area contributed by atoms with Gasteiger partial charge in [-0.2, -0.15) is 0 Å². The summed E-state index contributed by atoms with van der Waals surface area (Å²) in [5.41, 5.74) is 0. The third-order valence-electron chi connectivity index (χ3n) is 5.42. The number of hydrogen-bond donors (Lipinski definition) is 4. The molecule has 2 aliphatic heterocycles. The molecule has 1 aromatic carbocycles. The van der Waals surface area contributed by atoms with Crippen LogP contribution in [0.15, 0.2) is 42.6 Å². The second kappa shape index (κ2) is 12.6. The number of hydrogen-bond acceptors (Lipinski definition) is 10. The minimum atomic E-state index is -4.11. The summed E-state index contributed by atoms with van der Waals surface area (Å²) in [6, 6.07) is 6.90. The van der Waals surface area contributed by atoms with Gasteiger partial charge in [0.25, 0.3) is 0 Å². The maximum Gasteiger partial charge on any atom is 0.459 e. The van der Waals surface area contributed by atoms with Gasteiger partial charge in [0, 0.05) is 19.4 Å². The largest absolute Gasteiger partial charge is 0.462 e. The molecule has 16 heteroatoms. The number of nitrogens with one attached hydrogen (secondary N) is 2. The van der Waals surface area contributed by atoms with Crippen molar-refractivity contribution in [3.05, 3.63) is 42.6 Å². The smallest absolute Gasteiger partial charge is 0.459 e. The van der Waals surface area contributed by atoms with Gasteiger partial charge in [0.05, 0.1) is 17.5 Å². The topological polar surface area (TPSA) is 165 Å². The Morgan fingerprint density at radius 2 is 2.08 bits per heavy atom. The van der Waals surface area contributed by atoms with Crippen LogP contribution in [0.1, 0.15) is 6.92 Å². The second-order valence-corrected chi connectivity index (χ2v) is 11.1. The van der Waals surface area contributed by atoms with E-state index in [2.05, 4.69) is 10.4 Å². The fourth-order valence-electron chi connectivity index (χ4n) is 3.59. The lowest BCUT2D eigenvalue weighted by atomic mass is 9.79. The van der Waals surface area contributed by atoms with Crippen LogP contribution in [0.2, 0.25) is 0 Å². The minimum absolute atomic E-state index is 0.152. The highest BCUT2D eigenvalue weighted by Gasteiger charge is 2.55. The number of benzene rings is 1. The van der Waals surface area contributed by atoms with Gasteiger partial charge < -0.3 is 34.3 Å².